The van der Waals surface area contributed by atoms with Gasteiger partial charge in [0.25, 0.3) is 0 Å². The molecule has 1 aromatic carbocycles. The second-order valence-corrected chi connectivity index (χ2v) is 6.12. The van der Waals surface area contributed by atoms with Gasteiger partial charge in [-0.2, -0.15) is 0 Å². The van der Waals surface area contributed by atoms with Gasteiger partial charge in [0, 0.05) is 18.1 Å². The summed E-state index contributed by atoms with van der Waals surface area (Å²) in [6.45, 7) is 3.20. The maximum absolute atomic E-state index is 5.40. The third-order valence-electron chi connectivity index (χ3n) is 5.10. The highest BCUT2D eigenvalue weighted by Crippen LogP contribution is 2.39. The summed E-state index contributed by atoms with van der Waals surface area (Å²) < 4.78 is 5.40. The second kappa shape index (κ2) is 5.74. The third kappa shape index (κ3) is 2.33. The molecule has 1 fully saturated rings. The van der Waals surface area contributed by atoms with Crippen LogP contribution in [0.3, 0.4) is 0 Å². The highest BCUT2D eigenvalue weighted by molar-refractivity contribution is 5.43. The molecule has 2 aliphatic carbocycles. The molecule has 3 nitrogen and oxygen atoms in total. The fourth-order valence-corrected chi connectivity index (χ4v) is 3.64. The van der Waals surface area contributed by atoms with Crippen molar-refractivity contribution in [3.05, 3.63) is 29.3 Å². The zero-order valence-corrected chi connectivity index (χ0v) is 12.9. The van der Waals surface area contributed by atoms with Crippen LogP contribution in [0.1, 0.15) is 43.4 Å². The van der Waals surface area contributed by atoms with E-state index >= 15 is 0 Å². The molecule has 0 radical (unpaired) electrons. The average molecular weight is 274 g/mol. The number of rotatable bonds is 5. The Morgan fingerprint density at radius 1 is 1.35 bits per heavy atom. The van der Waals surface area contributed by atoms with Crippen molar-refractivity contribution in [3.8, 4) is 5.75 Å². The van der Waals surface area contributed by atoms with Crippen LogP contribution in [0, 0.1) is 0 Å². The molecule has 0 bridgehead atoms. The average Bonchev–Trinajstić information content (AvgIpc) is 2.75. The minimum absolute atomic E-state index is 0.440. The molecule has 1 N–H and O–H groups in total. The number of fused-ring (bicyclic) bond motifs is 1. The van der Waals surface area contributed by atoms with Gasteiger partial charge in [-0.25, -0.2) is 0 Å². The molecule has 0 heterocycles. The van der Waals surface area contributed by atoms with Crippen LogP contribution in [0.25, 0.3) is 0 Å². The normalized spacial score (nSPS) is 25.6. The van der Waals surface area contributed by atoms with Crippen LogP contribution in [0.5, 0.6) is 5.75 Å². The van der Waals surface area contributed by atoms with Crippen molar-refractivity contribution in [2.75, 3.05) is 20.7 Å². The Morgan fingerprint density at radius 2 is 2.15 bits per heavy atom. The van der Waals surface area contributed by atoms with E-state index in [2.05, 4.69) is 42.4 Å². The summed E-state index contributed by atoms with van der Waals surface area (Å²) in [5.41, 5.74) is 2.91. The Bertz CT molecular complexity index is 470. The summed E-state index contributed by atoms with van der Waals surface area (Å²) in [7, 11) is 4.05. The Morgan fingerprint density at radius 3 is 2.75 bits per heavy atom. The quantitative estimate of drug-likeness (QED) is 0.893. The highest BCUT2D eigenvalue weighted by atomic mass is 16.5. The van der Waals surface area contributed by atoms with Gasteiger partial charge in [-0.15, -0.1) is 0 Å². The second-order valence-electron chi connectivity index (χ2n) is 6.12. The molecule has 2 aliphatic rings. The molecule has 3 rings (SSSR count). The van der Waals surface area contributed by atoms with Gasteiger partial charge >= 0.3 is 0 Å². The number of nitrogens with zero attached hydrogens (tertiary/aromatic N) is 1. The lowest BCUT2D eigenvalue weighted by atomic mass is 9.90. The summed E-state index contributed by atoms with van der Waals surface area (Å²) in [5, 5.41) is 3.69. The summed E-state index contributed by atoms with van der Waals surface area (Å²) in [5.74, 6) is 0.971. The van der Waals surface area contributed by atoms with Gasteiger partial charge in [-0.3, -0.25) is 4.90 Å². The molecule has 2 unspecified atom stereocenters. The van der Waals surface area contributed by atoms with Crippen molar-refractivity contribution in [3.63, 3.8) is 0 Å². The smallest absolute Gasteiger partial charge is 0.119 e. The first-order valence-corrected chi connectivity index (χ1v) is 7.86. The fourth-order valence-electron chi connectivity index (χ4n) is 3.64. The van der Waals surface area contributed by atoms with E-state index in [0.29, 0.717) is 12.1 Å². The lowest BCUT2D eigenvalue weighted by molar-refractivity contribution is 0.0938. The standard InChI is InChI=1S/C17H26N2O/c1-4-18-17-15-11-14(20-3)9-8-12(15)10-16(17)19(2)13-6-5-7-13/h8-9,11,13,16-18H,4-7,10H2,1-3H3. The van der Waals surface area contributed by atoms with Crippen molar-refractivity contribution >= 4 is 0 Å². The van der Waals surface area contributed by atoms with Gasteiger partial charge in [-0.05, 0) is 56.1 Å². The molecular weight excluding hydrogens is 248 g/mol. The van der Waals surface area contributed by atoms with Crippen molar-refractivity contribution in [1.29, 1.82) is 0 Å². The number of likely N-dealkylation sites (N-methyl/N-ethyl adjacent to an activating group) is 2. The van der Waals surface area contributed by atoms with Gasteiger partial charge < -0.3 is 10.1 Å². The molecule has 3 heteroatoms. The number of nitrogens with one attached hydrogen (secondary N) is 1. The molecular formula is C17H26N2O. The van der Waals surface area contributed by atoms with E-state index in [1.54, 1.807) is 7.11 Å². The Kier molecular flexibility index (Phi) is 3.99. The van der Waals surface area contributed by atoms with Gasteiger partial charge in [-0.1, -0.05) is 19.4 Å². The zero-order chi connectivity index (χ0) is 14.1. The highest BCUT2D eigenvalue weighted by Gasteiger charge is 2.38. The molecule has 0 aliphatic heterocycles. The summed E-state index contributed by atoms with van der Waals surface area (Å²) >= 11 is 0. The van der Waals surface area contributed by atoms with Crippen molar-refractivity contribution in [1.82, 2.24) is 10.2 Å². The van der Waals surface area contributed by atoms with Crippen molar-refractivity contribution < 1.29 is 4.74 Å². The Hall–Kier alpha value is -1.06. The molecule has 0 saturated heterocycles. The van der Waals surface area contributed by atoms with E-state index in [-0.39, 0.29) is 0 Å². The largest absolute Gasteiger partial charge is 0.497 e. The zero-order valence-electron chi connectivity index (χ0n) is 12.9. The number of methoxy groups -OCH3 is 1. The lowest BCUT2D eigenvalue weighted by Crippen LogP contribution is -2.48. The van der Waals surface area contributed by atoms with Crippen LogP contribution in [-0.2, 0) is 6.42 Å². The van der Waals surface area contributed by atoms with E-state index in [1.165, 1.54) is 30.4 Å². The van der Waals surface area contributed by atoms with Crippen molar-refractivity contribution in [2.24, 2.45) is 0 Å². The molecule has 2 atom stereocenters. The summed E-state index contributed by atoms with van der Waals surface area (Å²) in [6.07, 6.45) is 5.29. The molecule has 1 aromatic rings. The Balaban J connectivity index is 1.86. The Labute approximate surface area is 122 Å². The minimum Gasteiger partial charge on any atom is -0.497 e. The van der Waals surface area contributed by atoms with Gasteiger partial charge in [0.2, 0.25) is 0 Å². The molecule has 1 saturated carbocycles. The fraction of sp³-hybridized carbons (Fsp3) is 0.647. The molecule has 20 heavy (non-hydrogen) atoms. The summed E-state index contributed by atoms with van der Waals surface area (Å²) in [4.78, 5) is 2.61. The first-order chi connectivity index (χ1) is 9.74. The monoisotopic (exact) mass is 274 g/mol. The van der Waals surface area contributed by atoms with Crippen molar-refractivity contribution in [2.45, 2.75) is 50.7 Å². The van der Waals surface area contributed by atoms with E-state index in [0.717, 1.165) is 24.8 Å². The van der Waals surface area contributed by atoms with Crippen LogP contribution in [-0.4, -0.2) is 37.7 Å². The SMILES string of the molecule is CCNC1c2cc(OC)ccc2CC1N(C)C1CCC1. The van der Waals surface area contributed by atoms with Gasteiger partial charge in [0.05, 0.1) is 7.11 Å². The number of hydrogen-bond donors (Lipinski definition) is 1. The predicted octanol–water partition coefficient (Wildman–Crippen LogP) is 2.75. The minimum atomic E-state index is 0.440. The van der Waals surface area contributed by atoms with Crippen LogP contribution in [0.2, 0.25) is 0 Å². The summed E-state index contributed by atoms with van der Waals surface area (Å²) in [6, 6.07) is 8.37. The lowest BCUT2D eigenvalue weighted by Gasteiger charge is -2.41. The van der Waals surface area contributed by atoms with E-state index < -0.39 is 0 Å². The third-order valence-corrected chi connectivity index (χ3v) is 5.10. The number of ether oxygens (including phenoxy) is 1. The molecule has 110 valence electrons. The van der Waals surface area contributed by atoms with Crippen LogP contribution < -0.4 is 10.1 Å². The first kappa shape index (κ1) is 13.9. The molecule has 0 amide bonds. The topological polar surface area (TPSA) is 24.5 Å². The number of hydrogen-bond acceptors (Lipinski definition) is 3. The first-order valence-electron chi connectivity index (χ1n) is 7.86. The van der Waals surface area contributed by atoms with Crippen LogP contribution >= 0.6 is 0 Å². The maximum Gasteiger partial charge on any atom is 0.119 e. The van der Waals surface area contributed by atoms with E-state index in [1.807, 2.05) is 0 Å². The van der Waals surface area contributed by atoms with Gasteiger partial charge in [0.15, 0.2) is 0 Å². The maximum atomic E-state index is 5.40. The van der Waals surface area contributed by atoms with E-state index in [4.69, 9.17) is 4.74 Å². The van der Waals surface area contributed by atoms with Crippen LogP contribution in [0.4, 0.5) is 0 Å². The van der Waals surface area contributed by atoms with E-state index in [9.17, 15) is 0 Å². The molecule has 0 spiro atoms. The predicted molar refractivity (Wildman–Crippen MR) is 82.3 cm³/mol. The number of benzene rings is 1. The molecule has 0 aromatic heterocycles. The van der Waals surface area contributed by atoms with Gasteiger partial charge in [0.1, 0.15) is 5.75 Å². The van der Waals surface area contributed by atoms with Crippen LogP contribution in [0.15, 0.2) is 18.2 Å².